The number of nitrogen functional groups attached to an aromatic ring is 1. The van der Waals surface area contributed by atoms with Gasteiger partial charge in [0.2, 0.25) is 5.95 Å². The summed E-state index contributed by atoms with van der Waals surface area (Å²) in [6, 6.07) is 5.94. The molecule has 3 rings (SSSR count). The lowest BCUT2D eigenvalue weighted by Crippen LogP contribution is -1.98. The summed E-state index contributed by atoms with van der Waals surface area (Å²) in [5, 5.41) is 0. The van der Waals surface area contributed by atoms with Crippen LogP contribution in [0.4, 0.5) is 5.95 Å². The molecule has 0 aliphatic carbocycles. The molecule has 3 heterocycles. The average molecular weight is 239 g/mol. The van der Waals surface area contributed by atoms with Crippen molar-refractivity contribution >= 4 is 17.1 Å². The van der Waals surface area contributed by atoms with E-state index in [4.69, 9.17) is 5.73 Å². The fourth-order valence-corrected chi connectivity index (χ4v) is 2.04. The number of imidazole rings is 1. The SMILES string of the molecule is Cc1nc2c(cc1-c1ccncc1)nc(N)n2C. The van der Waals surface area contributed by atoms with Crippen LogP contribution in [0.1, 0.15) is 5.69 Å². The third kappa shape index (κ3) is 1.52. The number of hydrogen-bond donors (Lipinski definition) is 1. The number of aryl methyl sites for hydroxylation is 2. The lowest BCUT2D eigenvalue weighted by atomic mass is 10.1. The zero-order valence-electron chi connectivity index (χ0n) is 10.3. The number of aromatic nitrogens is 4. The maximum absolute atomic E-state index is 5.79. The zero-order valence-corrected chi connectivity index (χ0v) is 10.3. The van der Waals surface area contributed by atoms with Crippen LogP contribution in [-0.2, 0) is 7.05 Å². The Hall–Kier alpha value is -2.43. The van der Waals surface area contributed by atoms with Crippen LogP contribution in [0.2, 0.25) is 0 Å². The largest absolute Gasteiger partial charge is 0.369 e. The first-order valence-electron chi connectivity index (χ1n) is 5.67. The monoisotopic (exact) mass is 239 g/mol. The van der Waals surface area contributed by atoms with Crippen LogP contribution in [-0.4, -0.2) is 19.5 Å². The molecule has 0 saturated carbocycles. The van der Waals surface area contributed by atoms with Gasteiger partial charge in [0, 0.05) is 30.7 Å². The predicted octanol–water partition coefficient (Wildman–Crippen LogP) is 1.92. The van der Waals surface area contributed by atoms with E-state index in [1.54, 1.807) is 17.0 Å². The molecule has 0 aliphatic heterocycles. The molecule has 90 valence electrons. The maximum atomic E-state index is 5.79. The summed E-state index contributed by atoms with van der Waals surface area (Å²) >= 11 is 0. The maximum Gasteiger partial charge on any atom is 0.202 e. The van der Waals surface area contributed by atoms with Gasteiger partial charge < -0.3 is 5.73 Å². The van der Waals surface area contributed by atoms with E-state index in [9.17, 15) is 0 Å². The van der Waals surface area contributed by atoms with Gasteiger partial charge in [0.25, 0.3) is 0 Å². The molecule has 0 fully saturated rings. The second-order valence-corrected chi connectivity index (χ2v) is 4.23. The van der Waals surface area contributed by atoms with Crippen molar-refractivity contribution in [2.24, 2.45) is 7.05 Å². The molecule has 0 spiro atoms. The van der Waals surface area contributed by atoms with Crippen molar-refractivity contribution in [2.45, 2.75) is 6.92 Å². The molecule has 5 nitrogen and oxygen atoms in total. The summed E-state index contributed by atoms with van der Waals surface area (Å²) in [6.07, 6.45) is 3.54. The number of fused-ring (bicyclic) bond motifs is 1. The summed E-state index contributed by atoms with van der Waals surface area (Å²) in [4.78, 5) is 12.9. The molecule has 0 aliphatic rings. The third-order valence-electron chi connectivity index (χ3n) is 3.06. The first-order chi connectivity index (χ1) is 8.66. The minimum absolute atomic E-state index is 0.476. The van der Waals surface area contributed by atoms with Crippen LogP contribution in [0, 0.1) is 6.92 Å². The van der Waals surface area contributed by atoms with Gasteiger partial charge in [-0.1, -0.05) is 0 Å². The Morgan fingerprint density at radius 1 is 1.17 bits per heavy atom. The Morgan fingerprint density at radius 3 is 2.61 bits per heavy atom. The molecule has 3 aromatic rings. The smallest absolute Gasteiger partial charge is 0.202 e. The second-order valence-electron chi connectivity index (χ2n) is 4.23. The van der Waals surface area contributed by atoms with Gasteiger partial charge in [-0.25, -0.2) is 9.97 Å². The van der Waals surface area contributed by atoms with Gasteiger partial charge in [-0.15, -0.1) is 0 Å². The van der Waals surface area contributed by atoms with E-state index in [0.29, 0.717) is 5.95 Å². The van der Waals surface area contributed by atoms with E-state index < -0.39 is 0 Å². The van der Waals surface area contributed by atoms with Crippen molar-refractivity contribution < 1.29 is 0 Å². The standard InChI is InChI=1S/C13H13N5/c1-8-10(9-3-5-15-6-4-9)7-11-12(16-8)18(2)13(14)17-11/h3-7H,1-2H3,(H2,14,17). The fourth-order valence-electron chi connectivity index (χ4n) is 2.04. The van der Waals surface area contributed by atoms with Gasteiger partial charge in [0.05, 0.1) is 0 Å². The van der Waals surface area contributed by atoms with E-state index in [2.05, 4.69) is 15.0 Å². The number of nitrogens with zero attached hydrogens (tertiary/aromatic N) is 4. The summed E-state index contributed by atoms with van der Waals surface area (Å²) < 4.78 is 1.79. The Kier molecular flexibility index (Phi) is 2.26. The minimum atomic E-state index is 0.476. The summed E-state index contributed by atoms with van der Waals surface area (Å²) in [5.41, 5.74) is 10.5. The highest BCUT2D eigenvalue weighted by atomic mass is 15.2. The van der Waals surface area contributed by atoms with Crippen LogP contribution >= 0.6 is 0 Å². The minimum Gasteiger partial charge on any atom is -0.369 e. The van der Waals surface area contributed by atoms with Crippen LogP contribution in [0.15, 0.2) is 30.6 Å². The van der Waals surface area contributed by atoms with E-state index in [-0.39, 0.29) is 0 Å². The normalized spacial score (nSPS) is 11.0. The first kappa shape index (κ1) is 10.7. The molecule has 0 radical (unpaired) electrons. The van der Waals surface area contributed by atoms with Crippen molar-refractivity contribution in [3.63, 3.8) is 0 Å². The molecule has 18 heavy (non-hydrogen) atoms. The van der Waals surface area contributed by atoms with Crippen molar-refractivity contribution in [2.75, 3.05) is 5.73 Å². The lowest BCUT2D eigenvalue weighted by Gasteiger charge is -2.05. The van der Waals surface area contributed by atoms with E-state index in [1.807, 2.05) is 32.2 Å². The Morgan fingerprint density at radius 2 is 1.89 bits per heavy atom. The highest BCUT2D eigenvalue weighted by Gasteiger charge is 2.10. The van der Waals surface area contributed by atoms with E-state index >= 15 is 0 Å². The predicted molar refractivity (Wildman–Crippen MR) is 70.9 cm³/mol. The molecule has 3 aromatic heterocycles. The van der Waals surface area contributed by atoms with Crippen LogP contribution in [0.5, 0.6) is 0 Å². The Bertz CT molecular complexity index is 715. The number of rotatable bonds is 1. The van der Waals surface area contributed by atoms with Gasteiger partial charge in [0.15, 0.2) is 5.65 Å². The van der Waals surface area contributed by atoms with Crippen molar-refractivity contribution in [1.82, 2.24) is 19.5 Å². The van der Waals surface area contributed by atoms with E-state index in [1.165, 1.54) is 0 Å². The number of pyridine rings is 2. The van der Waals surface area contributed by atoms with Crippen molar-refractivity contribution in [3.8, 4) is 11.1 Å². The lowest BCUT2D eigenvalue weighted by molar-refractivity contribution is 0.943. The third-order valence-corrected chi connectivity index (χ3v) is 3.06. The second kappa shape index (κ2) is 3.80. The highest BCUT2D eigenvalue weighted by molar-refractivity contribution is 5.81. The summed E-state index contributed by atoms with van der Waals surface area (Å²) in [7, 11) is 1.86. The summed E-state index contributed by atoms with van der Waals surface area (Å²) in [5.74, 6) is 0.476. The van der Waals surface area contributed by atoms with Crippen molar-refractivity contribution in [3.05, 3.63) is 36.3 Å². The van der Waals surface area contributed by atoms with Crippen LogP contribution in [0.3, 0.4) is 0 Å². The number of anilines is 1. The Balaban J connectivity index is 2.29. The number of nitrogens with two attached hydrogens (primary N) is 1. The molecule has 5 heteroatoms. The molecule has 2 N–H and O–H groups in total. The summed E-state index contributed by atoms with van der Waals surface area (Å²) in [6.45, 7) is 1.98. The van der Waals surface area contributed by atoms with Gasteiger partial charge in [-0.2, -0.15) is 0 Å². The first-order valence-corrected chi connectivity index (χ1v) is 5.67. The van der Waals surface area contributed by atoms with Gasteiger partial charge in [-0.3, -0.25) is 9.55 Å². The molecular weight excluding hydrogens is 226 g/mol. The topological polar surface area (TPSA) is 69.6 Å². The molecule has 0 bridgehead atoms. The Labute approximate surface area is 104 Å². The quantitative estimate of drug-likeness (QED) is 0.704. The van der Waals surface area contributed by atoms with Gasteiger partial charge in [0.1, 0.15) is 5.52 Å². The van der Waals surface area contributed by atoms with Gasteiger partial charge >= 0.3 is 0 Å². The van der Waals surface area contributed by atoms with Gasteiger partial charge in [-0.05, 0) is 30.7 Å². The fraction of sp³-hybridized carbons (Fsp3) is 0.154. The van der Waals surface area contributed by atoms with E-state index in [0.717, 1.165) is 28.0 Å². The molecular formula is C13H13N5. The average Bonchev–Trinajstić information content (AvgIpc) is 2.66. The molecule has 0 unspecified atom stereocenters. The molecule has 0 saturated heterocycles. The van der Waals surface area contributed by atoms with Crippen molar-refractivity contribution in [1.29, 1.82) is 0 Å². The molecule has 0 atom stereocenters. The van der Waals surface area contributed by atoms with Crippen LogP contribution in [0.25, 0.3) is 22.3 Å². The van der Waals surface area contributed by atoms with Crippen LogP contribution < -0.4 is 5.73 Å². The number of hydrogen-bond acceptors (Lipinski definition) is 4. The molecule has 0 aromatic carbocycles. The molecule has 0 amide bonds. The highest BCUT2D eigenvalue weighted by Crippen LogP contribution is 2.25. The zero-order chi connectivity index (χ0) is 12.7.